The zero-order chi connectivity index (χ0) is 15.1. The van der Waals surface area contributed by atoms with Crippen molar-refractivity contribution >= 4 is 22.1 Å². The first-order valence-electron chi connectivity index (χ1n) is 6.55. The van der Waals surface area contributed by atoms with E-state index in [9.17, 15) is 0 Å². The molecule has 2 rings (SSSR count). The Hall–Kier alpha value is -2.01. The van der Waals surface area contributed by atoms with Crippen molar-refractivity contribution in [3.8, 4) is 11.5 Å². The molecule has 0 aliphatic heterocycles. The molecule has 0 aliphatic rings. The number of nitrogens with zero attached hydrogens (tertiary/aromatic N) is 1. The summed E-state index contributed by atoms with van der Waals surface area (Å²) >= 11 is 3.42. The second-order valence-corrected chi connectivity index (χ2v) is 5.13. The van der Waals surface area contributed by atoms with Gasteiger partial charge < -0.3 is 14.7 Å². The SMILES string of the molecule is CCOc1cc(/C=N\O)c(Br)cc1OCc1ccccc1. The molecule has 0 atom stereocenters. The van der Waals surface area contributed by atoms with Crippen molar-refractivity contribution in [2.45, 2.75) is 13.5 Å². The first-order valence-corrected chi connectivity index (χ1v) is 7.34. The van der Waals surface area contributed by atoms with E-state index in [0.717, 1.165) is 10.0 Å². The Bertz CT molecular complexity index is 614. The summed E-state index contributed by atoms with van der Waals surface area (Å²) in [5, 5.41) is 11.7. The van der Waals surface area contributed by atoms with Crippen LogP contribution in [-0.4, -0.2) is 18.0 Å². The fourth-order valence-corrected chi connectivity index (χ4v) is 2.25. The Labute approximate surface area is 132 Å². The summed E-state index contributed by atoms with van der Waals surface area (Å²) in [4.78, 5) is 0. The van der Waals surface area contributed by atoms with Gasteiger partial charge in [-0.15, -0.1) is 0 Å². The highest BCUT2D eigenvalue weighted by molar-refractivity contribution is 9.10. The van der Waals surface area contributed by atoms with Crippen LogP contribution in [-0.2, 0) is 6.61 Å². The van der Waals surface area contributed by atoms with Crippen LogP contribution in [0.15, 0.2) is 52.1 Å². The lowest BCUT2D eigenvalue weighted by molar-refractivity contribution is 0.269. The lowest BCUT2D eigenvalue weighted by atomic mass is 10.2. The summed E-state index contributed by atoms with van der Waals surface area (Å²) < 4.78 is 12.2. The minimum Gasteiger partial charge on any atom is -0.490 e. The largest absolute Gasteiger partial charge is 0.490 e. The van der Waals surface area contributed by atoms with E-state index >= 15 is 0 Å². The Morgan fingerprint density at radius 3 is 2.52 bits per heavy atom. The van der Waals surface area contributed by atoms with Crippen LogP contribution < -0.4 is 9.47 Å². The molecule has 0 amide bonds. The van der Waals surface area contributed by atoms with Gasteiger partial charge in [0.05, 0.1) is 12.8 Å². The first kappa shape index (κ1) is 15.4. The fourth-order valence-electron chi connectivity index (χ4n) is 1.83. The highest BCUT2D eigenvalue weighted by atomic mass is 79.9. The van der Waals surface area contributed by atoms with Gasteiger partial charge >= 0.3 is 0 Å². The predicted molar refractivity (Wildman–Crippen MR) is 85.5 cm³/mol. The van der Waals surface area contributed by atoms with Gasteiger partial charge in [0.1, 0.15) is 6.61 Å². The Balaban J connectivity index is 2.22. The summed E-state index contributed by atoms with van der Waals surface area (Å²) in [7, 11) is 0. The van der Waals surface area contributed by atoms with Crippen molar-refractivity contribution in [2.24, 2.45) is 5.16 Å². The topological polar surface area (TPSA) is 51.0 Å². The van der Waals surface area contributed by atoms with Crippen LogP contribution in [0.3, 0.4) is 0 Å². The van der Waals surface area contributed by atoms with Gasteiger partial charge in [0, 0.05) is 10.0 Å². The molecule has 110 valence electrons. The van der Waals surface area contributed by atoms with Gasteiger partial charge in [-0.3, -0.25) is 0 Å². The summed E-state index contributed by atoms with van der Waals surface area (Å²) in [6.07, 6.45) is 1.34. The van der Waals surface area contributed by atoms with Gasteiger partial charge in [0.25, 0.3) is 0 Å². The third-order valence-corrected chi connectivity index (χ3v) is 3.48. The molecule has 0 bridgehead atoms. The van der Waals surface area contributed by atoms with Gasteiger partial charge in [-0.1, -0.05) is 35.5 Å². The third kappa shape index (κ3) is 4.23. The molecule has 5 heteroatoms. The molecule has 0 unspecified atom stereocenters. The highest BCUT2D eigenvalue weighted by Gasteiger charge is 2.10. The standard InChI is InChI=1S/C16H16BrNO3/c1-2-20-15-8-13(10-18-19)14(17)9-16(15)21-11-12-6-4-3-5-7-12/h3-10,19H,2,11H2,1H3/b18-10-. The van der Waals surface area contributed by atoms with Crippen LogP contribution in [0, 0.1) is 0 Å². The van der Waals surface area contributed by atoms with E-state index in [0.29, 0.717) is 30.3 Å². The van der Waals surface area contributed by atoms with Crippen molar-refractivity contribution in [2.75, 3.05) is 6.61 Å². The highest BCUT2D eigenvalue weighted by Crippen LogP contribution is 2.33. The summed E-state index contributed by atoms with van der Waals surface area (Å²) in [5.41, 5.74) is 1.80. The molecule has 2 aromatic rings. The van der Waals surface area contributed by atoms with Gasteiger partial charge in [-0.25, -0.2) is 0 Å². The van der Waals surface area contributed by atoms with Gasteiger partial charge in [0.2, 0.25) is 0 Å². The average molecular weight is 350 g/mol. The summed E-state index contributed by atoms with van der Waals surface area (Å²) in [6, 6.07) is 13.5. The first-order chi connectivity index (χ1) is 10.2. The van der Waals surface area contributed by atoms with Crippen LogP contribution in [0.1, 0.15) is 18.1 Å². The lowest BCUT2D eigenvalue weighted by Gasteiger charge is -2.13. The van der Waals surface area contributed by atoms with Crippen molar-refractivity contribution in [3.05, 3.63) is 58.1 Å². The zero-order valence-electron chi connectivity index (χ0n) is 11.6. The molecule has 0 heterocycles. The molecule has 0 fully saturated rings. The van der Waals surface area contributed by atoms with E-state index in [1.165, 1.54) is 6.21 Å². The quantitative estimate of drug-likeness (QED) is 0.482. The van der Waals surface area contributed by atoms with E-state index in [4.69, 9.17) is 14.7 Å². The summed E-state index contributed by atoms with van der Waals surface area (Å²) in [5.74, 6) is 1.26. The van der Waals surface area contributed by atoms with Crippen LogP contribution >= 0.6 is 15.9 Å². The average Bonchev–Trinajstić information content (AvgIpc) is 2.50. The number of hydrogen-bond acceptors (Lipinski definition) is 4. The number of ether oxygens (including phenoxy) is 2. The molecule has 0 saturated heterocycles. The van der Waals surface area contributed by atoms with Crippen LogP contribution in [0.25, 0.3) is 0 Å². The molecule has 2 aromatic carbocycles. The predicted octanol–water partition coefficient (Wildman–Crippen LogP) is 4.23. The van der Waals surface area contributed by atoms with Crippen LogP contribution in [0.5, 0.6) is 11.5 Å². The molecule has 0 spiro atoms. The van der Waals surface area contributed by atoms with Gasteiger partial charge in [-0.2, -0.15) is 0 Å². The van der Waals surface area contributed by atoms with E-state index in [1.807, 2.05) is 43.3 Å². The lowest BCUT2D eigenvalue weighted by Crippen LogP contribution is -2.01. The molecule has 21 heavy (non-hydrogen) atoms. The normalized spacial score (nSPS) is 10.8. The maximum absolute atomic E-state index is 8.66. The monoisotopic (exact) mass is 349 g/mol. The number of oxime groups is 1. The summed E-state index contributed by atoms with van der Waals surface area (Å²) in [6.45, 7) is 2.89. The Morgan fingerprint density at radius 1 is 1.14 bits per heavy atom. The van der Waals surface area contributed by atoms with Crippen LogP contribution in [0.4, 0.5) is 0 Å². The fraction of sp³-hybridized carbons (Fsp3) is 0.188. The second kappa shape index (κ2) is 7.69. The molecular weight excluding hydrogens is 334 g/mol. The van der Waals surface area contributed by atoms with E-state index in [-0.39, 0.29) is 0 Å². The van der Waals surface area contributed by atoms with Crippen molar-refractivity contribution in [3.63, 3.8) is 0 Å². The smallest absolute Gasteiger partial charge is 0.162 e. The minimum absolute atomic E-state index is 0.459. The van der Waals surface area contributed by atoms with Gasteiger partial charge in [0.15, 0.2) is 11.5 Å². The van der Waals surface area contributed by atoms with Crippen molar-refractivity contribution in [1.82, 2.24) is 0 Å². The maximum atomic E-state index is 8.66. The van der Waals surface area contributed by atoms with Crippen LogP contribution in [0.2, 0.25) is 0 Å². The molecule has 0 aliphatic carbocycles. The second-order valence-electron chi connectivity index (χ2n) is 4.27. The maximum Gasteiger partial charge on any atom is 0.162 e. The molecular formula is C16H16BrNO3. The molecule has 4 nitrogen and oxygen atoms in total. The minimum atomic E-state index is 0.459. The molecule has 1 N–H and O–H groups in total. The number of halogens is 1. The van der Waals surface area contributed by atoms with Crippen molar-refractivity contribution < 1.29 is 14.7 Å². The number of benzene rings is 2. The molecule has 0 aromatic heterocycles. The Kier molecular flexibility index (Phi) is 5.63. The molecule has 0 radical (unpaired) electrons. The zero-order valence-corrected chi connectivity index (χ0v) is 13.2. The van der Waals surface area contributed by atoms with E-state index in [2.05, 4.69) is 21.1 Å². The number of rotatable bonds is 6. The third-order valence-electron chi connectivity index (χ3n) is 2.80. The van der Waals surface area contributed by atoms with E-state index in [1.54, 1.807) is 6.07 Å². The Morgan fingerprint density at radius 2 is 1.86 bits per heavy atom. The molecule has 0 saturated carbocycles. The number of hydrogen-bond donors (Lipinski definition) is 1. The van der Waals surface area contributed by atoms with E-state index < -0.39 is 0 Å². The van der Waals surface area contributed by atoms with Gasteiger partial charge in [-0.05, 0) is 40.5 Å². The van der Waals surface area contributed by atoms with Crippen molar-refractivity contribution in [1.29, 1.82) is 0 Å².